The molecule has 0 N–H and O–H groups in total. The lowest BCUT2D eigenvalue weighted by Crippen LogP contribution is -2.04. The van der Waals surface area contributed by atoms with E-state index < -0.39 is 12.2 Å². The number of nitrogens with zero attached hydrogens (tertiary/aromatic N) is 2. The molecule has 0 saturated heterocycles. The van der Waals surface area contributed by atoms with Crippen LogP contribution in [0.25, 0.3) is 0 Å². The molecule has 1 aromatic carbocycles. The predicted molar refractivity (Wildman–Crippen MR) is 63.7 cm³/mol. The summed E-state index contributed by atoms with van der Waals surface area (Å²) < 4.78 is 9.42. The number of amides is 2. The van der Waals surface area contributed by atoms with E-state index in [-0.39, 0.29) is 6.61 Å². The van der Waals surface area contributed by atoms with Crippen LogP contribution in [-0.4, -0.2) is 18.8 Å². The van der Waals surface area contributed by atoms with E-state index in [2.05, 4.69) is 15.0 Å². The predicted octanol–water partition coefficient (Wildman–Crippen LogP) is 3.49. The lowest BCUT2D eigenvalue weighted by molar-refractivity contribution is 0.154. The first kappa shape index (κ1) is 13.8. The standard InChI is InChI=1S/C12H14N2O4/c1-3-8-17-11(15)13-14-12(16)18-10-6-4-9(2)5-7-10/h4-7H,3,8H2,1-2H3. The first-order valence-corrected chi connectivity index (χ1v) is 5.48. The molecule has 0 fully saturated rings. The third kappa shape index (κ3) is 5.20. The highest BCUT2D eigenvalue weighted by molar-refractivity contribution is 5.74. The van der Waals surface area contributed by atoms with Gasteiger partial charge < -0.3 is 9.47 Å². The van der Waals surface area contributed by atoms with Crippen molar-refractivity contribution in [1.82, 2.24) is 0 Å². The largest absolute Gasteiger partial charge is 0.458 e. The topological polar surface area (TPSA) is 77.3 Å². The number of hydrogen-bond donors (Lipinski definition) is 0. The Balaban J connectivity index is 2.44. The number of carbonyl (C=O) groups is 2. The van der Waals surface area contributed by atoms with E-state index in [1.165, 1.54) is 0 Å². The van der Waals surface area contributed by atoms with Gasteiger partial charge in [-0.15, -0.1) is 0 Å². The second-order valence-corrected chi connectivity index (χ2v) is 3.50. The Labute approximate surface area is 105 Å². The van der Waals surface area contributed by atoms with Crippen LogP contribution in [0.5, 0.6) is 5.75 Å². The molecule has 1 rings (SSSR count). The van der Waals surface area contributed by atoms with E-state index >= 15 is 0 Å². The highest BCUT2D eigenvalue weighted by Gasteiger charge is 2.04. The average molecular weight is 250 g/mol. The summed E-state index contributed by atoms with van der Waals surface area (Å²) in [5, 5.41) is 6.15. The molecule has 0 aliphatic heterocycles. The van der Waals surface area contributed by atoms with E-state index in [1.807, 2.05) is 13.8 Å². The minimum atomic E-state index is -0.965. The van der Waals surface area contributed by atoms with Crippen molar-refractivity contribution in [1.29, 1.82) is 0 Å². The molecular formula is C12H14N2O4. The number of rotatable bonds is 3. The van der Waals surface area contributed by atoms with Gasteiger partial charge in [0.05, 0.1) is 6.61 Å². The van der Waals surface area contributed by atoms with Crippen LogP contribution in [0.4, 0.5) is 9.59 Å². The van der Waals surface area contributed by atoms with Crippen molar-refractivity contribution in [3.63, 3.8) is 0 Å². The van der Waals surface area contributed by atoms with Crippen LogP contribution in [0.3, 0.4) is 0 Å². The molecule has 6 nitrogen and oxygen atoms in total. The Kier molecular flexibility index (Phi) is 5.50. The normalized spacial score (nSPS) is 10.3. The molecule has 0 unspecified atom stereocenters. The number of azo groups is 1. The summed E-state index contributed by atoms with van der Waals surface area (Å²) in [5.74, 6) is 0.339. The molecule has 0 saturated carbocycles. The zero-order valence-corrected chi connectivity index (χ0v) is 10.3. The SMILES string of the molecule is CCCOC(=O)N=NC(=O)Oc1ccc(C)cc1. The van der Waals surface area contributed by atoms with Gasteiger partial charge in [-0.05, 0) is 25.5 Å². The summed E-state index contributed by atoms with van der Waals surface area (Å²) in [6.07, 6.45) is -1.19. The number of aryl methyl sites for hydroxylation is 1. The van der Waals surface area contributed by atoms with Crippen molar-refractivity contribution in [3.8, 4) is 5.75 Å². The summed E-state index contributed by atoms with van der Waals surface area (Å²) >= 11 is 0. The Morgan fingerprint density at radius 1 is 1.11 bits per heavy atom. The quantitative estimate of drug-likeness (QED) is 0.769. The van der Waals surface area contributed by atoms with Gasteiger partial charge in [-0.1, -0.05) is 34.8 Å². The Hall–Kier alpha value is -2.24. The molecule has 18 heavy (non-hydrogen) atoms. The van der Waals surface area contributed by atoms with Gasteiger partial charge in [-0.2, -0.15) is 0 Å². The van der Waals surface area contributed by atoms with E-state index in [0.29, 0.717) is 12.2 Å². The van der Waals surface area contributed by atoms with Crippen molar-refractivity contribution in [2.45, 2.75) is 20.3 Å². The number of carbonyl (C=O) groups excluding carboxylic acids is 2. The summed E-state index contributed by atoms with van der Waals surface area (Å²) in [6, 6.07) is 6.82. The third-order valence-electron chi connectivity index (χ3n) is 1.87. The lowest BCUT2D eigenvalue weighted by Gasteiger charge is -1.99. The van der Waals surface area contributed by atoms with Crippen LogP contribution in [0, 0.1) is 6.92 Å². The molecule has 0 aliphatic rings. The van der Waals surface area contributed by atoms with E-state index in [1.54, 1.807) is 24.3 Å². The highest BCUT2D eigenvalue weighted by atomic mass is 16.6. The van der Waals surface area contributed by atoms with E-state index in [9.17, 15) is 9.59 Å². The maximum atomic E-state index is 11.2. The molecule has 2 amide bonds. The summed E-state index contributed by atoms with van der Waals surface area (Å²) in [7, 11) is 0. The maximum absolute atomic E-state index is 11.2. The van der Waals surface area contributed by atoms with Crippen LogP contribution >= 0.6 is 0 Å². The second-order valence-electron chi connectivity index (χ2n) is 3.50. The smallest absolute Gasteiger partial charge is 0.447 e. The minimum absolute atomic E-state index is 0.241. The van der Waals surface area contributed by atoms with Crippen LogP contribution in [-0.2, 0) is 4.74 Å². The Morgan fingerprint density at radius 3 is 2.33 bits per heavy atom. The first-order valence-electron chi connectivity index (χ1n) is 5.48. The third-order valence-corrected chi connectivity index (χ3v) is 1.87. The molecule has 0 heterocycles. The fourth-order valence-electron chi connectivity index (χ4n) is 1.03. The van der Waals surface area contributed by atoms with Crippen LogP contribution in [0.15, 0.2) is 34.5 Å². The average Bonchev–Trinajstić information content (AvgIpc) is 2.36. The zero-order valence-electron chi connectivity index (χ0n) is 10.3. The van der Waals surface area contributed by atoms with E-state index in [4.69, 9.17) is 4.74 Å². The summed E-state index contributed by atoms with van der Waals surface area (Å²) in [4.78, 5) is 22.1. The van der Waals surface area contributed by atoms with Gasteiger partial charge in [0.15, 0.2) is 0 Å². The van der Waals surface area contributed by atoms with Crippen molar-refractivity contribution in [2.24, 2.45) is 10.2 Å². The Bertz CT molecular complexity index is 440. The van der Waals surface area contributed by atoms with Gasteiger partial charge in [-0.3, -0.25) is 0 Å². The van der Waals surface area contributed by atoms with Gasteiger partial charge in [0.25, 0.3) is 0 Å². The fourth-order valence-corrected chi connectivity index (χ4v) is 1.03. The molecule has 0 aliphatic carbocycles. The maximum Gasteiger partial charge on any atom is 0.458 e. The van der Waals surface area contributed by atoms with Gasteiger partial charge >= 0.3 is 12.2 Å². The molecule has 0 radical (unpaired) electrons. The van der Waals surface area contributed by atoms with Crippen LogP contribution in [0.1, 0.15) is 18.9 Å². The minimum Gasteiger partial charge on any atom is -0.447 e. The van der Waals surface area contributed by atoms with E-state index in [0.717, 1.165) is 5.56 Å². The number of benzene rings is 1. The van der Waals surface area contributed by atoms with Gasteiger partial charge in [0.2, 0.25) is 0 Å². The Morgan fingerprint density at radius 2 is 1.72 bits per heavy atom. The first-order chi connectivity index (χ1) is 8.61. The molecule has 0 aromatic heterocycles. The van der Waals surface area contributed by atoms with Gasteiger partial charge in [0.1, 0.15) is 5.75 Å². The van der Waals surface area contributed by atoms with Crippen molar-refractivity contribution in [3.05, 3.63) is 29.8 Å². The van der Waals surface area contributed by atoms with Crippen molar-refractivity contribution < 1.29 is 19.1 Å². The second kappa shape index (κ2) is 7.16. The molecule has 0 spiro atoms. The van der Waals surface area contributed by atoms with Gasteiger partial charge in [0, 0.05) is 0 Å². The molecule has 0 bridgehead atoms. The van der Waals surface area contributed by atoms with Crippen molar-refractivity contribution >= 4 is 12.2 Å². The summed E-state index contributed by atoms with van der Waals surface area (Å²) in [5.41, 5.74) is 1.04. The molecule has 1 aromatic rings. The molecule has 6 heteroatoms. The fraction of sp³-hybridized carbons (Fsp3) is 0.333. The highest BCUT2D eigenvalue weighted by Crippen LogP contribution is 2.12. The van der Waals surface area contributed by atoms with Crippen LogP contribution < -0.4 is 4.74 Å². The molecular weight excluding hydrogens is 236 g/mol. The zero-order chi connectivity index (χ0) is 13.4. The van der Waals surface area contributed by atoms with Crippen LogP contribution in [0.2, 0.25) is 0 Å². The number of ether oxygens (including phenoxy) is 2. The lowest BCUT2D eigenvalue weighted by atomic mass is 10.2. The number of hydrogen-bond acceptors (Lipinski definition) is 4. The molecule has 0 atom stereocenters. The molecule has 96 valence electrons. The van der Waals surface area contributed by atoms with Crippen molar-refractivity contribution in [2.75, 3.05) is 6.61 Å². The summed E-state index contributed by atoms with van der Waals surface area (Å²) in [6.45, 7) is 4.00. The van der Waals surface area contributed by atoms with Gasteiger partial charge in [-0.25, -0.2) is 9.59 Å². The monoisotopic (exact) mass is 250 g/mol.